The van der Waals surface area contributed by atoms with Gasteiger partial charge in [-0.15, -0.1) is 0 Å². The first kappa shape index (κ1) is 21.9. The van der Waals surface area contributed by atoms with Crippen molar-refractivity contribution in [3.63, 3.8) is 0 Å². The minimum Gasteiger partial charge on any atom is -0.341 e. The molecule has 1 fully saturated rings. The molecule has 1 aliphatic heterocycles. The molecule has 2 heterocycles. The summed E-state index contributed by atoms with van der Waals surface area (Å²) >= 11 is 0.967. The number of carbonyl (C=O) groups is 1. The van der Waals surface area contributed by atoms with Crippen molar-refractivity contribution in [2.75, 3.05) is 13.1 Å². The van der Waals surface area contributed by atoms with Gasteiger partial charge >= 0.3 is 0 Å². The summed E-state index contributed by atoms with van der Waals surface area (Å²) < 4.78 is 37.6. The Hall–Kier alpha value is -2.36. The van der Waals surface area contributed by atoms with E-state index in [0.29, 0.717) is 36.0 Å². The summed E-state index contributed by atoms with van der Waals surface area (Å²) in [6.07, 6.45) is 1.35. The number of benzene rings is 2. The standard InChI is InChI=1S/C22H26N4O3S2/c1-15-11-16(2)14-26(13-15)22(27)19(12-17-7-4-3-5-8-17)25-31(28,29)20-10-6-9-18-21(20)24-30-23-18/h3-10,15-16,19,25H,11-14H2,1-2H3/t15-,16+,19-/m0/s1. The molecule has 31 heavy (non-hydrogen) atoms. The largest absolute Gasteiger partial charge is 0.341 e. The molecule has 3 atom stereocenters. The molecule has 1 saturated heterocycles. The number of hydrogen-bond donors (Lipinski definition) is 1. The summed E-state index contributed by atoms with van der Waals surface area (Å²) in [5, 5.41) is 0. The number of rotatable bonds is 6. The van der Waals surface area contributed by atoms with Crippen LogP contribution in [0, 0.1) is 11.8 Å². The Kier molecular flexibility index (Phi) is 6.36. The van der Waals surface area contributed by atoms with E-state index >= 15 is 0 Å². The van der Waals surface area contributed by atoms with E-state index in [9.17, 15) is 13.2 Å². The average molecular weight is 459 g/mol. The van der Waals surface area contributed by atoms with Crippen molar-refractivity contribution in [2.24, 2.45) is 11.8 Å². The predicted molar refractivity (Wildman–Crippen MR) is 121 cm³/mol. The molecule has 0 radical (unpaired) electrons. The lowest BCUT2D eigenvalue weighted by Crippen LogP contribution is -2.53. The molecule has 4 rings (SSSR count). The van der Waals surface area contributed by atoms with E-state index in [0.717, 1.165) is 23.7 Å². The predicted octanol–water partition coefficient (Wildman–Crippen LogP) is 3.09. The molecule has 0 saturated carbocycles. The summed E-state index contributed by atoms with van der Waals surface area (Å²) in [5.74, 6) is 0.586. The molecule has 3 aromatic rings. The Morgan fingerprint density at radius 3 is 2.52 bits per heavy atom. The second-order valence-corrected chi connectivity index (χ2v) is 10.7. The molecule has 1 N–H and O–H groups in total. The van der Waals surface area contributed by atoms with Gasteiger partial charge in [-0.3, -0.25) is 4.79 Å². The Balaban J connectivity index is 1.65. The van der Waals surface area contributed by atoms with Crippen LogP contribution in [-0.4, -0.2) is 47.1 Å². The van der Waals surface area contributed by atoms with E-state index in [4.69, 9.17) is 0 Å². The van der Waals surface area contributed by atoms with E-state index in [-0.39, 0.29) is 17.2 Å². The maximum absolute atomic E-state index is 13.5. The van der Waals surface area contributed by atoms with Crippen LogP contribution in [0.25, 0.3) is 11.0 Å². The van der Waals surface area contributed by atoms with E-state index in [1.54, 1.807) is 17.0 Å². The van der Waals surface area contributed by atoms with Crippen LogP contribution in [-0.2, 0) is 21.2 Å². The average Bonchev–Trinajstić information content (AvgIpc) is 3.21. The number of aromatic nitrogens is 2. The van der Waals surface area contributed by atoms with Gasteiger partial charge in [-0.25, -0.2) is 8.42 Å². The Morgan fingerprint density at radius 1 is 1.10 bits per heavy atom. The third-order valence-corrected chi connectivity index (χ3v) is 7.64. The SMILES string of the molecule is C[C@@H]1C[C@H](C)CN(C(=O)[C@H](Cc2ccccc2)NS(=O)(=O)c2cccc3nsnc23)C1. The van der Waals surface area contributed by atoms with Crippen molar-refractivity contribution in [3.8, 4) is 0 Å². The van der Waals surface area contributed by atoms with Gasteiger partial charge < -0.3 is 4.90 Å². The third-order valence-electron chi connectivity index (χ3n) is 5.60. The van der Waals surface area contributed by atoms with Crippen molar-refractivity contribution < 1.29 is 13.2 Å². The number of hydrogen-bond acceptors (Lipinski definition) is 6. The maximum Gasteiger partial charge on any atom is 0.243 e. The van der Waals surface area contributed by atoms with Crippen LogP contribution >= 0.6 is 11.7 Å². The monoisotopic (exact) mass is 458 g/mol. The van der Waals surface area contributed by atoms with Gasteiger partial charge in [0, 0.05) is 13.1 Å². The number of sulfonamides is 1. The molecule has 0 unspecified atom stereocenters. The third kappa shape index (κ3) is 4.94. The summed E-state index contributed by atoms with van der Waals surface area (Å²) in [5.41, 5.74) is 1.75. The molecule has 164 valence electrons. The number of likely N-dealkylation sites (tertiary alicyclic amines) is 1. The van der Waals surface area contributed by atoms with Crippen molar-refractivity contribution in [3.05, 3.63) is 54.1 Å². The van der Waals surface area contributed by atoms with Crippen LogP contribution < -0.4 is 4.72 Å². The lowest BCUT2D eigenvalue weighted by molar-refractivity contribution is -0.135. The van der Waals surface area contributed by atoms with Crippen molar-refractivity contribution in [2.45, 2.75) is 37.6 Å². The molecule has 1 amide bonds. The molecule has 0 aliphatic carbocycles. The minimum absolute atomic E-state index is 0.0463. The quantitative estimate of drug-likeness (QED) is 0.613. The molecule has 9 heteroatoms. The molecule has 0 bridgehead atoms. The molecule has 1 aliphatic rings. The zero-order valence-electron chi connectivity index (χ0n) is 17.6. The van der Waals surface area contributed by atoms with Crippen molar-refractivity contribution in [1.29, 1.82) is 0 Å². The van der Waals surface area contributed by atoms with Crippen LogP contribution in [0.4, 0.5) is 0 Å². The zero-order chi connectivity index (χ0) is 22.0. The Bertz CT molecular complexity index is 1150. The highest BCUT2D eigenvalue weighted by atomic mass is 32.2. The highest BCUT2D eigenvalue weighted by Crippen LogP contribution is 2.24. The second-order valence-electron chi connectivity index (χ2n) is 8.44. The summed E-state index contributed by atoms with van der Waals surface area (Å²) in [6, 6.07) is 13.4. The number of piperidine rings is 1. The van der Waals surface area contributed by atoms with Crippen molar-refractivity contribution >= 4 is 38.7 Å². The van der Waals surface area contributed by atoms with E-state index < -0.39 is 16.1 Å². The second kappa shape index (κ2) is 9.02. The maximum atomic E-state index is 13.5. The van der Waals surface area contributed by atoms with Crippen LogP contribution in [0.1, 0.15) is 25.8 Å². The molecule has 0 spiro atoms. The van der Waals surface area contributed by atoms with E-state index in [1.165, 1.54) is 6.07 Å². The summed E-state index contributed by atoms with van der Waals surface area (Å²) in [6.45, 7) is 5.54. The van der Waals surface area contributed by atoms with E-state index in [1.807, 2.05) is 30.3 Å². The lowest BCUT2D eigenvalue weighted by Gasteiger charge is -2.37. The fourth-order valence-electron chi connectivity index (χ4n) is 4.34. The number of nitrogens with one attached hydrogen (secondary N) is 1. The minimum atomic E-state index is -3.98. The lowest BCUT2D eigenvalue weighted by atomic mass is 9.91. The number of nitrogens with zero attached hydrogens (tertiary/aromatic N) is 3. The first-order valence-electron chi connectivity index (χ1n) is 10.4. The van der Waals surface area contributed by atoms with Gasteiger partial charge in [-0.05, 0) is 42.4 Å². The van der Waals surface area contributed by atoms with Crippen LogP contribution in [0.3, 0.4) is 0 Å². The molecular weight excluding hydrogens is 432 g/mol. The highest BCUT2D eigenvalue weighted by molar-refractivity contribution is 7.89. The molecule has 2 aromatic carbocycles. The van der Waals surface area contributed by atoms with Crippen LogP contribution in [0.2, 0.25) is 0 Å². The first-order chi connectivity index (χ1) is 14.8. The Labute approximate surface area is 186 Å². The van der Waals surface area contributed by atoms with Gasteiger partial charge in [0.2, 0.25) is 15.9 Å². The van der Waals surface area contributed by atoms with E-state index in [2.05, 4.69) is 27.3 Å². The fraction of sp³-hybridized carbons (Fsp3) is 0.409. The molecule has 1 aromatic heterocycles. The van der Waals surface area contributed by atoms with Crippen molar-refractivity contribution in [1.82, 2.24) is 18.4 Å². The number of carbonyl (C=O) groups excluding carboxylic acids is 1. The first-order valence-corrected chi connectivity index (χ1v) is 12.6. The highest BCUT2D eigenvalue weighted by Gasteiger charge is 2.33. The van der Waals surface area contributed by atoms with Gasteiger partial charge in [0.1, 0.15) is 22.0 Å². The fourth-order valence-corrected chi connectivity index (χ4v) is 6.30. The topological polar surface area (TPSA) is 92.3 Å². The van der Waals surface area contributed by atoms with Crippen LogP contribution in [0.15, 0.2) is 53.4 Å². The zero-order valence-corrected chi connectivity index (χ0v) is 19.2. The normalized spacial score (nSPS) is 20.6. The molecule has 7 nitrogen and oxygen atoms in total. The van der Waals surface area contributed by atoms with Gasteiger partial charge in [-0.2, -0.15) is 13.5 Å². The van der Waals surface area contributed by atoms with Crippen LogP contribution in [0.5, 0.6) is 0 Å². The van der Waals surface area contributed by atoms with Gasteiger partial charge in [-0.1, -0.05) is 50.2 Å². The number of fused-ring (bicyclic) bond motifs is 1. The Morgan fingerprint density at radius 2 is 1.81 bits per heavy atom. The summed E-state index contributed by atoms with van der Waals surface area (Å²) in [7, 11) is -3.98. The smallest absolute Gasteiger partial charge is 0.243 e. The van der Waals surface area contributed by atoms with Gasteiger partial charge in [0.15, 0.2) is 0 Å². The molecular formula is C22H26N4O3S2. The van der Waals surface area contributed by atoms with Gasteiger partial charge in [0.05, 0.1) is 11.7 Å². The van der Waals surface area contributed by atoms with Gasteiger partial charge in [0.25, 0.3) is 0 Å². The number of amides is 1. The summed E-state index contributed by atoms with van der Waals surface area (Å²) in [4.78, 5) is 15.3.